The number of rotatable bonds is 3. The summed E-state index contributed by atoms with van der Waals surface area (Å²) in [6.45, 7) is 2.03. The predicted molar refractivity (Wildman–Crippen MR) is 78.0 cm³/mol. The van der Waals surface area contributed by atoms with E-state index in [2.05, 4.69) is 9.97 Å². The molecule has 0 amide bonds. The van der Waals surface area contributed by atoms with Gasteiger partial charge >= 0.3 is 0 Å². The van der Waals surface area contributed by atoms with Gasteiger partial charge in [-0.15, -0.1) is 0 Å². The van der Waals surface area contributed by atoms with Crippen molar-refractivity contribution in [2.45, 2.75) is 19.3 Å². The van der Waals surface area contributed by atoms with Crippen molar-refractivity contribution >= 4 is 11.0 Å². The molecule has 3 rings (SSSR count). The first-order chi connectivity index (χ1) is 9.63. The number of aromatic amines is 1. The fourth-order valence-electron chi connectivity index (χ4n) is 2.45. The third kappa shape index (κ3) is 2.32. The van der Waals surface area contributed by atoms with Gasteiger partial charge in [0.25, 0.3) is 0 Å². The van der Waals surface area contributed by atoms with E-state index in [-0.39, 0.29) is 17.4 Å². The second-order valence-corrected chi connectivity index (χ2v) is 5.05. The van der Waals surface area contributed by atoms with E-state index in [0.29, 0.717) is 6.42 Å². The van der Waals surface area contributed by atoms with Crippen LogP contribution in [0, 0.1) is 0 Å². The Bertz CT molecular complexity index is 716. The lowest BCUT2D eigenvalue weighted by Crippen LogP contribution is -2.00. The largest absolute Gasteiger partial charge is 0.508 e. The van der Waals surface area contributed by atoms with Gasteiger partial charge in [0.1, 0.15) is 17.3 Å². The number of phenolic OH excluding ortho intramolecular Hbond substituents is 2. The molecule has 1 atom stereocenters. The summed E-state index contributed by atoms with van der Waals surface area (Å²) < 4.78 is 0. The van der Waals surface area contributed by atoms with Crippen LogP contribution < -0.4 is 0 Å². The number of nitrogens with zero attached hydrogens (tertiary/aromatic N) is 1. The summed E-state index contributed by atoms with van der Waals surface area (Å²) >= 11 is 0. The molecule has 1 aromatic heterocycles. The highest BCUT2D eigenvalue weighted by Crippen LogP contribution is 2.30. The summed E-state index contributed by atoms with van der Waals surface area (Å²) in [6.07, 6.45) is 0.701. The van der Waals surface area contributed by atoms with Gasteiger partial charge in [0.15, 0.2) is 0 Å². The van der Waals surface area contributed by atoms with Crippen molar-refractivity contribution in [2.75, 3.05) is 0 Å². The number of phenols is 2. The normalized spacial score (nSPS) is 12.7. The fraction of sp³-hybridized carbons (Fsp3) is 0.188. The number of hydrogen-bond acceptors (Lipinski definition) is 3. The maximum Gasteiger partial charge on any atom is 0.122 e. The highest BCUT2D eigenvalue weighted by Gasteiger charge is 2.14. The summed E-state index contributed by atoms with van der Waals surface area (Å²) in [4.78, 5) is 7.82. The molecule has 0 saturated heterocycles. The summed E-state index contributed by atoms with van der Waals surface area (Å²) in [6, 6.07) is 12.6. The van der Waals surface area contributed by atoms with E-state index in [1.807, 2.05) is 31.2 Å². The highest BCUT2D eigenvalue weighted by molar-refractivity contribution is 5.74. The third-order valence-corrected chi connectivity index (χ3v) is 3.48. The molecule has 0 bridgehead atoms. The van der Waals surface area contributed by atoms with Gasteiger partial charge in [0.2, 0.25) is 0 Å². The van der Waals surface area contributed by atoms with Gasteiger partial charge in [0.05, 0.1) is 11.0 Å². The van der Waals surface area contributed by atoms with Crippen LogP contribution in [0.1, 0.15) is 24.2 Å². The van der Waals surface area contributed by atoms with Crippen LogP contribution >= 0.6 is 0 Å². The predicted octanol–water partition coefficient (Wildman–Crippen LogP) is 3.32. The van der Waals surface area contributed by atoms with E-state index in [1.165, 1.54) is 6.07 Å². The van der Waals surface area contributed by atoms with Gasteiger partial charge in [-0.25, -0.2) is 4.98 Å². The Morgan fingerprint density at radius 2 is 1.95 bits per heavy atom. The highest BCUT2D eigenvalue weighted by atomic mass is 16.3. The zero-order valence-corrected chi connectivity index (χ0v) is 11.2. The Labute approximate surface area is 116 Å². The molecular formula is C16H16N2O2. The molecule has 0 aliphatic carbocycles. The van der Waals surface area contributed by atoms with Crippen molar-refractivity contribution in [3.8, 4) is 11.5 Å². The molecule has 0 aliphatic rings. The molecule has 0 aliphatic heterocycles. The van der Waals surface area contributed by atoms with Crippen molar-refractivity contribution in [1.82, 2.24) is 9.97 Å². The molecule has 2 aromatic carbocycles. The molecule has 0 fully saturated rings. The van der Waals surface area contributed by atoms with E-state index in [1.54, 1.807) is 12.1 Å². The van der Waals surface area contributed by atoms with E-state index < -0.39 is 0 Å². The van der Waals surface area contributed by atoms with Gasteiger partial charge in [-0.05, 0) is 29.7 Å². The lowest BCUT2D eigenvalue weighted by Gasteiger charge is -2.12. The first-order valence-electron chi connectivity index (χ1n) is 6.59. The minimum atomic E-state index is 0.0715. The summed E-state index contributed by atoms with van der Waals surface area (Å²) in [5.74, 6) is 1.19. The van der Waals surface area contributed by atoms with Gasteiger partial charge in [-0.2, -0.15) is 0 Å². The summed E-state index contributed by atoms with van der Waals surface area (Å²) in [5.41, 5.74) is 2.78. The van der Waals surface area contributed by atoms with Crippen LogP contribution in [0.25, 0.3) is 11.0 Å². The molecule has 1 unspecified atom stereocenters. The number of benzene rings is 2. The molecule has 3 aromatic rings. The maximum atomic E-state index is 9.89. The Balaban J connectivity index is 1.86. The SMILES string of the molecule is CC(Cc1nc2ccccc2[nH]1)c1ccc(O)cc1O. The number of H-pyrrole nitrogens is 1. The number of aromatic nitrogens is 2. The lowest BCUT2D eigenvalue weighted by molar-refractivity contribution is 0.442. The first-order valence-corrected chi connectivity index (χ1v) is 6.59. The summed E-state index contributed by atoms with van der Waals surface area (Å²) in [5, 5.41) is 19.2. The van der Waals surface area contributed by atoms with Crippen molar-refractivity contribution in [3.63, 3.8) is 0 Å². The van der Waals surface area contributed by atoms with E-state index in [9.17, 15) is 10.2 Å². The molecule has 20 heavy (non-hydrogen) atoms. The molecule has 4 heteroatoms. The molecule has 0 radical (unpaired) electrons. The Hall–Kier alpha value is -2.49. The van der Waals surface area contributed by atoms with E-state index >= 15 is 0 Å². The Kier molecular flexibility index (Phi) is 3.06. The molecule has 102 valence electrons. The number of para-hydroxylation sites is 2. The smallest absolute Gasteiger partial charge is 0.122 e. The maximum absolute atomic E-state index is 9.89. The third-order valence-electron chi connectivity index (χ3n) is 3.48. The van der Waals surface area contributed by atoms with Crippen LogP contribution in [0.2, 0.25) is 0 Å². The van der Waals surface area contributed by atoms with Gasteiger partial charge in [-0.3, -0.25) is 0 Å². The number of hydrogen-bond donors (Lipinski definition) is 3. The van der Waals surface area contributed by atoms with Crippen molar-refractivity contribution in [1.29, 1.82) is 0 Å². The quantitative estimate of drug-likeness (QED) is 0.682. The van der Waals surface area contributed by atoms with Crippen LogP contribution in [0.15, 0.2) is 42.5 Å². The van der Waals surface area contributed by atoms with Crippen LogP contribution in [0.3, 0.4) is 0 Å². The Morgan fingerprint density at radius 1 is 1.15 bits per heavy atom. The van der Waals surface area contributed by atoms with Crippen LogP contribution in [0.5, 0.6) is 11.5 Å². The lowest BCUT2D eigenvalue weighted by atomic mass is 9.96. The standard InChI is InChI=1S/C16H16N2O2/c1-10(12-7-6-11(19)9-15(12)20)8-16-17-13-4-2-3-5-14(13)18-16/h2-7,9-10,19-20H,8H2,1H3,(H,17,18). The first kappa shape index (κ1) is 12.5. The fourth-order valence-corrected chi connectivity index (χ4v) is 2.45. The van der Waals surface area contributed by atoms with Gasteiger partial charge in [-0.1, -0.05) is 25.1 Å². The second-order valence-electron chi connectivity index (χ2n) is 5.05. The van der Waals surface area contributed by atoms with Crippen LogP contribution in [-0.4, -0.2) is 20.2 Å². The number of aromatic hydroxyl groups is 2. The minimum absolute atomic E-state index is 0.0715. The minimum Gasteiger partial charge on any atom is -0.508 e. The van der Waals surface area contributed by atoms with Crippen LogP contribution in [0.4, 0.5) is 0 Å². The number of fused-ring (bicyclic) bond motifs is 1. The van der Waals surface area contributed by atoms with Crippen molar-refractivity contribution in [3.05, 3.63) is 53.9 Å². The molecule has 0 saturated carbocycles. The average Bonchev–Trinajstić information content (AvgIpc) is 2.80. The number of nitrogens with one attached hydrogen (secondary N) is 1. The van der Waals surface area contributed by atoms with Crippen LogP contribution in [-0.2, 0) is 6.42 Å². The average molecular weight is 268 g/mol. The molecule has 4 nitrogen and oxygen atoms in total. The van der Waals surface area contributed by atoms with Crippen molar-refractivity contribution < 1.29 is 10.2 Å². The van der Waals surface area contributed by atoms with E-state index in [4.69, 9.17) is 0 Å². The zero-order chi connectivity index (χ0) is 14.1. The Morgan fingerprint density at radius 3 is 2.70 bits per heavy atom. The molecular weight excluding hydrogens is 252 g/mol. The monoisotopic (exact) mass is 268 g/mol. The molecule has 0 spiro atoms. The summed E-state index contributed by atoms with van der Waals surface area (Å²) in [7, 11) is 0. The molecule has 1 heterocycles. The molecule has 3 N–H and O–H groups in total. The topological polar surface area (TPSA) is 69.1 Å². The second kappa shape index (κ2) is 4.89. The zero-order valence-electron chi connectivity index (χ0n) is 11.2. The van der Waals surface area contributed by atoms with Gasteiger partial charge < -0.3 is 15.2 Å². The van der Waals surface area contributed by atoms with Gasteiger partial charge in [0, 0.05) is 12.5 Å². The number of imidazole rings is 1. The van der Waals surface area contributed by atoms with Crippen molar-refractivity contribution in [2.24, 2.45) is 0 Å². The van der Waals surface area contributed by atoms with E-state index in [0.717, 1.165) is 22.4 Å².